The first-order valence-corrected chi connectivity index (χ1v) is 5.89. The van der Waals surface area contributed by atoms with Crippen molar-refractivity contribution in [1.29, 1.82) is 5.26 Å². The van der Waals surface area contributed by atoms with Gasteiger partial charge in [-0.1, -0.05) is 12.1 Å². The summed E-state index contributed by atoms with van der Waals surface area (Å²) in [4.78, 5) is 11.0. The lowest BCUT2D eigenvalue weighted by atomic mass is 10.0. The Bertz CT molecular complexity index is 749. The number of nitrogens with one attached hydrogen (secondary N) is 1. The van der Waals surface area contributed by atoms with Crippen molar-refractivity contribution in [3.63, 3.8) is 0 Å². The van der Waals surface area contributed by atoms with Gasteiger partial charge in [0.25, 0.3) is 0 Å². The van der Waals surface area contributed by atoms with Crippen LogP contribution in [0.25, 0.3) is 11.1 Å². The number of halogens is 3. The van der Waals surface area contributed by atoms with Gasteiger partial charge in [-0.15, -0.1) is 0 Å². The van der Waals surface area contributed by atoms with E-state index in [1.165, 1.54) is 24.3 Å². The van der Waals surface area contributed by atoms with E-state index < -0.39 is 34.6 Å². The zero-order valence-electron chi connectivity index (χ0n) is 10.9. The van der Waals surface area contributed by atoms with Gasteiger partial charge in [-0.2, -0.15) is 5.26 Å². The molecule has 0 aliphatic carbocycles. The molecule has 106 valence electrons. The average Bonchev–Trinajstić information content (AvgIpc) is 2.45. The monoisotopic (exact) mass is 290 g/mol. The van der Waals surface area contributed by atoms with Crippen LogP contribution in [-0.2, 0) is 4.79 Å². The van der Waals surface area contributed by atoms with Crippen LogP contribution >= 0.6 is 0 Å². The fourth-order valence-corrected chi connectivity index (χ4v) is 1.85. The smallest absolute Gasteiger partial charge is 0.221 e. The van der Waals surface area contributed by atoms with Gasteiger partial charge in [0, 0.05) is 13.0 Å². The Hall–Kier alpha value is -2.81. The second-order valence-corrected chi connectivity index (χ2v) is 4.28. The number of carbonyl (C=O) groups is 1. The van der Waals surface area contributed by atoms with E-state index in [1.54, 1.807) is 0 Å². The van der Waals surface area contributed by atoms with Crippen LogP contribution in [-0.4, -0.2) is 5.91 Å². The quantitative estimate of drug-likeness (QED) is 0.859. The molecule has 2 aromatic rings. The molecule has 0 saturated carbocycles. The highest BCUT2D eigenvalue weighted by molar-refractivity contribution is 5.90. The molecule has 0 fully saturated rings. The highest BCUT2D eigenvalue weighted by Gasteiger charge is 2.20. The molecule has 0 heterocycles. The fraction of sp³-hybridized carbons (Fsp3) is 0.0667. The zero-order valence-corrected chi connectivity index (χ0v) is 10.9. The van der Waals surface area contributed by atoms with Crippen molar-refractivity contribution >= 4 is 11.6 Å². The van der Waals surface area contributed by atoms with E-state index in [0.29, 0.717) is 11.6 Å². The van der Waals surface area contributed by atoms with Gasteiger partial charge in [-0.3, -0.25) is 4.79 Å². The maximum absolute atomic E-state index is 14.3. The van der Waals surface area contributed by atoms with Crippen molar-refractivity contribution in [1.82, 2.24) is 0 Å². The Morgan fingerprint density at radius 1 is 1.14 bits per heavy atom. The number of nitriles is 1. The third kappa shape index (κ3) is 2.87. The highest BCUT2D eigenvalue weighted by Crippen LogP contribution is 2.32. The van der Waals surface area contributed by atoms with Crippen LogP contribution in [0, 0.1) is 28.8 Å². The lowest BCUT2D eigenvalue weighted by Gasteiger charge is -2.11. The van der Waals surface area contributed by atoms with Crippen molar-refractivity contribution in [2.45, 2.75) is 6.92 Å². The van der Waals surface area contributed by atoms with Crippen LogP contribution < -0.4 is 5.32 Å². The standard InChI is InChI=1S/C15H9F3N2O/c1-8(21)20-12-6-11(16)14(17)13(15(12)18)10-4-2-9(7-19)3-5-10/h2-6H,1H3,(H,20,21). The summed E-state index contributed by atoms with van der Waals surface area (Å²) in [7, 11) is 0. The van der Waals surface area contributed by atoms with Gasteiger partial charge < -0.3 is 5.32 Å². The van der Waals surface area contributed by atoms with E-state index in [1.807, 2.05) is 6.07 Å². The Morgan fingerprint density at radius 3 is 2.29 bits per heavy atom. The summed E-state index contributed by atoms with van der Waals surface area (Å²) in [6.45, 7) is 1.13. The second kappa shape index (κ2) is 5.67. The van der Waals surface area contributed by atoms with Crippen molar-refractivity contribution in [3.8, 4) is 17.2 Å². The maximum atomic E-state index is 14.3. The van der Waals surface area contributed by atoms with Gasteiger partial charge in [-0.05, 0) is 17.7 Å². The van der Waals surface area contributed by atoms with E-state index in [9.17, 15) is 18.0 Å². The van der Waals surface area contributed by atoms with Gasteiger partial charge in [0.15, 0.2) is 17.5 Å². The normalized spacial score (nSPS) is 10.0. The molecule has 2 aromatic carbocycles. The number of anilines is 1. The molecule has 0 aliphatic rings. The van der Waals surface area contributed by atoms with E-state index in [2.05, 4.69) is 5.32 Å². The van der Waals surface area contributed by atoms with Crippen molar-refractivity contribution in [3.05, 3.63) is 53.3 Å². The molecule has 6 heteroatoms. The lowest BCUT2D eigenvalue weighted by molar-refractivity contribution is -0.114. The molecular weight excluding hydrogens is 281 g/mol. The number of hydrogen-bond acceptors (Lipinski definition) is 2. The summed E-state index contributed by atoms with van der Waals surface area (Å²) in [5.74, 6) is -4.31. The minimum absolute atomic E-state index is 0.0649. The maximum Gasteiger partial charge on any atom is 0.221 e. The van der Waals surface area contributed by atoms with E-state index in [0.717, 1.165) is 6.92 Å². The van der Waals surface area contributed by atoms with Gasteiger partial charge in [0.2, 0.25) is 5.91 Å². The third-order valence-corrected chi connectivity index (χ3v) is 2.77. The van der Waals surface area contributed by atoms with Crippen LogP contribution in [0.5, 0.6) is 0 Å². The minimum atomic E-state index is -1.36. The van der Waals surface area contributed by atoms with Crippen LogP contribution in [0.1, 0.15) is 12.5 Å². The topological polar surface area (TPSA) is 52.9 Å². The van der Waals surface area contributed by atoms with Crippen LogP contribution in [0.4, 0.5) is 18.9 Å². The number of benzene rings is 2. The molecule has 3 nitrogen and oxygen atoms in total. The Labute approximate surface area is 118 Å². The summed E-state index contributed by atoms with van der Waals surface area (Å²) in [5.41, 5.74) is -0.669. The Kier molecular flexibility index (Phi) is 3.94. The molecule has 0 radical (unpaired) electrons. The molecule has 0 atom stereocenters. The first-order valence-electron chi connectivity index (χ1n) is 5.89. The fourth-order valence-electron chi connectivity index (χ4n) is 1.85. The highest BCUT2D eigenvalue weighted by atomic mass is 19.2. The minimum Gasteiger partial charge on any atom is -0.324 e. The molecule has 1 amide bonds. The number of nitrogens with zero attached hydrogens (tertiary/aromatic N) is 1. The Balaban J connectivity index is 2.63. The third-order valence-electron chi connectivity index (χ3n) is 2.77. The summed E-state index contributed by atoms with van der Waals surface area (Å²) in [5, 5.41) is 10.8. The van der Waals surface area contributed by atoms with Crippen molar-refractivity contribution in [2.75, 3.05) is 5.32 Å². The zero-order chi connectivity index (χ0) is 15.6. The first-order chi connectivity index (χ1) is 9.93. The molecule has 0 aromatic heterocycles. The first kappa shape index (κ1) is 14.6. The predicted molar refractivity (Wildman–Crippen MR) is 70.8 cm³/mol. The number of rotatable bonds is 2. The van der Waals surface area contributed by atoms with E-state index in [4.69, 9.17) is 5.26 Å². The Morgan fingerprint density at radius 2 is 1.76 bits per heavy atom. The van der Waals surface area contributed by atoms with Crippen molar-refractivity contribution < 1.29 is 18.0 Å². The molecule has 0 aliphatic heterocycles. The van der Waals surface area contributed by atoms with Crippen molar-refractivity contribution in [2.24, 2.45) is 0 Å². The molecule has 0 spiro atoms. The number of carbonyl (C=O) groups excluding carboxylic acids is 1. The molecule has 0 saturated heterocycles. The molecule has 1 N–H and O–H groups in total. The summed E-state index contributed by atoms with van der Waals surface area (Å²) in [6.07, 6.45) is 0. The van der Waals surface area contributed by atoms with E-state index in [-0.39, 0.29) is 5.56 Å². The largest absolute Gasteiger partial charge is 0.324 e. The number of hydrogen-bond donors (Lipinski definition) is 1. The van der Waals surface area contributed by atoms with Gasteiger partial charge >= 0.3 is 0 Å². The van der Waals surface area contributed by atoms with E-state index >= 15 is 0 Å². The van der Waals surface area contributed by atoms with Crippen LogP contribution in [0.2, 0.25) is 0 Å². The average molecular weight is 290 g/mol. The molecule has 0 unspecified atom stereocenters. The summed E-state index contributed by atoms with van der Waals surface area (Å²) >= 11 is 0. The lowest BCUT2D eigenvalue weighted by Crippen LogP contribution is -2.10. The molecule has 2 rings (SSSR count). The van der Waals surface area contributed by atoms with Crippen LogP contribution in [0.3, 0.4) is 0 Å². The van der Waals surface area contributed by atoms with Gasteiger partial charge in [-0.25, -0.2) is 13.2 Å². The summed E-state index contributed by atoms with van der Waals surface area (Å²) < 4.78 is 41.7. The van der Waals surface area contributed by atoms with Crippen LogP contribution in [0.15, 0.2) is 30.3 Å². The second-order valence-electron chi connectivity index (χ2n) is 4.28. The summed E-state index contributed by atoms with van der Waals surface area (Å²) in [6, 6.07) is 7.77. The molecular formula is C15H9F3N2O. The SMILES string of the molecule is CC(=O)Nc1cc(F)c(F)c(-c2ccc(C#N)cc2)c1F. The molecule has 21 heavy (non-hydrogen) atoms. The molecule has 0 bridgehead atoms. The van der Waals surface area contributed by atoms with Gasteiger partial charge in [0.1, 0.15) is 0 Å². The van der Waals surface area contributed by atoms with Gasteiger partial charge in [0.05, 0.1) is 22.9 Å². The number of amides is 1. The predicted octanol–water partition coefficient (Wildman–Crippen LogP) is 3.60.